The van der Waals surface area contributed by atoms with Crippen molar-refractivity contribution in [2.75, 3.05) is 19.7 Å². The molecule has 0 aliphatic rings. The Morgan fingerprint density at radius 1 is 0.967 bits per heavy atom. The van der Waals surface area contributed by atoms with Gasteiger partial charge < -0.3 is 14.8 Å². The van der Waals surface area contributed by atoms with Gasteiger partial charge in [-0.05, 0) is 36.9 Å². The molecule has 2 aromatic carbocycles. The second-order valence-corrected chi connectivity index (χ2v) is 7.38. The van der Waals surface area contributed by atoms with Gasteiger partial charge in [-0.25, -0.2) is 0 Å². The monoisotopic (exact) mass is 411 g/mol. The third-order valence-electron chi connectivity index (χ3n) is 4.88. The molecule has 0 saturated heterocycles. The van der Waals surface area contributed by atoms with Crippen LogP contribution in [0.2, 0.25) is 0 Å². The summed E-state index contributed by atoms with van der Waals surface area (Å²) >= 11 is 0. The fourth-order valence-electron chi connectivity index (χ4n) is 3.48. The predicted octanol–water partition coefficient (Wildman–Crippen LogP) is 4.46. The van der Waals surface area contributed by atoms with Gasteiger partial charge in [-0.15, -0.1) is 0 Å². The number of ether oxygens (including phenoxy) is 2. The molecule has 0 bridgehead atoms. The summed E-state index contributed by atoms with van der Waals surface area (Å²) in [6.45, 7) is 4.59. The molecule has 0 saturated carbocycles. The molecule has 0 radical (unpaired) electrons. The van der Waals surface area contributed by atoms with E-state index < -0.39 is 0 Å². The highest BCUT2D eigenvalue weighted by molar-refractivity contribution is 5.71. The van der Waals surface area contributed by atoms with Gasteiger partial charge in [0.1, 0.15) is 6.10 Å². The van der Waals surface area contributed by atoms with Crippen molar-refractivity contribution in [1.29, 1.82) is 0 Å². The van der Waals surface area contributed by atoms with Crippen LogP contribution in [0.3, 0.4) is 0 Å². The first-order valence-corrected chi connectivity index (χ1v) is 10.7. The Morgan fingerprint density at radius 3 is 2.10 bits per heavy atom. The number of nitrogens with one attached hydrogen (secondary N) is 1. The maximum Gasteiger partial charge on any atom is 0.320 e. The van der Waals surface area contributed by atoms with Crippen LogP contribution in [-0.2, 0) is 19.1 Å². The van der Waals surface area contributed by atoms with Gasteiger partial charge in [0.25, 0.3) is 0 Å². The second-order valence-electron chi connectivity index (χ2n) is 7.38. The van der Waals surface area contributed by atoms with Gasteiger partial charge in [-0.1, -0.05) is 74.0 Å². The van der Waals surface area contributed by atoms with E-state index in [4.69, 9.17) is 9.47 Å². The number of hydrogen-bond acceptors (Lipinski definition) is 5. The van der Waals surface area contributed by atoms with Crippen molar-refractivity contribution in [1.82, 2.24) is 5.32 Å². The Balaban J connectivity index is 1.93. The molecule has 0 aliphatic heterocycles. The molecule has 5 heteroatoms. The summed E-state index contributed by atoms with van der Waals surface area (Å²) in [5, 5.41) is 3.06. The fourth-order valence-corrected chi connectivity index (χ4v) is 3.48. The Hall–Kier alpha value is -2.66. The highest BCUT2D eigenvalue weighted by Gasteiger charge is 2.22. The number of rotatable bonds is 13. The summed E-state index contributed by atoms with van der Waals surface area (Å²) in [6.07, 6.45) is 3.05. The van der Waals surface area contributed by atoms with Crippen molar-refractivity contribution in [2.24, 2.45) is 0 Å². The van der Waals surface area contributed by atoms with Gasteiger partial charge in [-0.2, -0.15) is 0 Å². The van der Waals surface area contributed by atoms with Crippen molar-refractivity contribution in [3.05, 3.63) is 71.8 Å². The van der Waals surface area contributed by atoms with E-state index >= 15 is 0 Å². The van der Waals surface area contributed by atoms with E-state index in [1.807, 2.05) is 36.4 Å². The van der Waals surface area contributed by atoms with E-state index in [9.17, 15) is 9.59 Å². The van der Waals surface area contributed by atoms with Gasteiger partial charge in [0.2, 0.25) is 0 Å². The molecule has 2 aromatic rings. The lowest BCUT2D eigenvalue weighted by Gasteiger charge is -2.25. The first kappa shape index (κ1) is 23.6. The van der Waals surface area contributed by atoms with Crippen LogP contribution in [0.1, 0.15) is 56.6 Å². The van der Waals surface area contributed by atoms with Crippen molar-refractivity contribution in [3.8, 4) is 0 Å². The quantitative estimate of drug-likeness (QED) is 0.389. The first-order valence-electron chi connectivity index (χ1n) is 10.7. The summed E-state index contributed by atoms with van der Waals surface area (Å²) in [4.78, 5) is 23.1. The number of esters is 2. The lowest BCUT2D eigenvalue weighted by molar-refractivity contribution is -0.149. The lowest BCUT2D eigenvalue weighted by atomic mass is 9.86. The minimum atomic E-state index is -0.289. The van der Waals surface area contributed by atoms with Crippen LogP contribution >= 0.6 is 0 Å². The minimum Gasteiger partial charge on any atom is -0.466 e. The van der Waals surface area contributed by atoms with Gasteiger partial charge in [0, 0.05) is 12.8 Å². The summed E-state index contributed by atoms with van der Waals surface area (Å²) in [6, 6.07) is 20.8. The van der Waals surface area contributed by atoms with E-state index in [0.29, 0.717) is 19.6 Å². The Kier molecular flexibility index (Phi) is 10.7. The average molecular weight is 412 g/mol. The number of carbonyl (C=O) groups is 2. The van der Waals surface area contributed by atoms with Crippen LogP contribution in [-0.4, -0.2) is 37.7 Å². The molecule has 0 fully saturated rings. The molecule has 1 atom stereocenters. The van der Waals surface area contributed by atoms with Crippen molar-refractivity contribution >= 4 is 11.9 Å². The van der Waals surface area contributed by atoms with E-state index in [2.05, 4.69) is 36.5 Å². The van der Waals surface area contributed by atoms with Crippen LogP contribution in [0.4, 0.5) is 0 Å². The zero-order chi connectivity index (χ0) is 21.6. The molecule has 0 amide bonds. The largest absolute Gasteiger partial charge is 0.466 e. The highest BCUT2D eigenvalue weighted by atomic mass is 16.5. The van der Waals surface area contributed by atoms with E-state index in [1.165, 1.54) is 18.1 Å². The molecule has 1 N–H and O–H groups in total. The molecular weight excluding hydrogens is 378 g/mol. The van der Waals surface area contributed by atoms with E-state index in [1.54, 1.807) is 0 Å². The predicted molar refractivity (Wildman–Crippen MR) is 118 cm³/mol. The zero-order valence-corrected chi connectivity index (χ0v) is 18.0. The smallest absolute Gasteiger partial charge is 0.320 e. The molecule has 0 spiro atoms. The average Bonchev–Trinajstić information content (AvgIpc) is 2.75. The van der Waals surface area contributed by atoms with E-state index in [0.717, 1.165) is 19.3 Å². The highest BCUT2D eigenvalue weighted by Crippen LogP contribution is 2.31. The normalized spacial score (nSPS) is 11.8. The molecule has 0 aromatic heterocycles. The molecule has 5 nitrogen and oxygen atoms in total. The van der Waals surface area contributed by atoms with Gasteiger partial charge in [0.15, 0.2) is 0 Å². The van der Waals surface area contributed by atoms with Gasteiger partial charge in [-0.3, -0.25) is 9.59 Å². The molecule has 0 heterocycles. The fraction of sp³-hybridized carbons (Fsp3) is 0.440. The number of hydrogen-bond donors (Lipinski definition) is 1. The van der Waals surface area contributed by atoms with Crippen molar-refractivity contribution in [2.45, 2.75) is 51.6 Å². The second kappa shape index (κ2) is 13.5. The maximum absolute atomic E-state index is 12.4. The summed E-state index contributed by atoms with van der Waals surface area (Å²) in [5.41, 5.74) is 2.45. The number of carbonyl (C=O) groups excluding carboxylic acids is 2. The third-order valence-corrected chi connectivity index (χ3v) is 4.88. The summed E-state index contributed by atoms with van der Waals surface area (Å²) in [7, 11) is 0. The molecule has 30 heavy (non-hydrogen) atoms. The van der Waals surface area contributed by atoms with Crippen LogP contribution < -0.4 is 5.32 Å². The summed E-state index contributed by atoms with van der Waals surface area (Å²) in [5.74, 6) is -0.363. The third kappa shape index (κ3) is 8.78. The SMILES string of the molecule is CCCC(CC(c1ccccc1)c1ccccc1)OC(=O)CNCCCOC(C)=O. The van der Waals surface area contributed by atoms with E-state index in [-0.39, 0.29) is 30.5 Å². The molecule has 1 unspecified atom stereocenters. The van der Waals surface area contributed by atoms with Crippen LogP contribution in [0.25, 0.3) is 0 Å². The molecule has 0 aliphatic carbocycles. The topological polar surface area (TPSA) is 64.6 Å². The maximum atomic E-state index is 12.4. The lowest BCUT2D eigenvalue weighted by Crippen LogP contribution is -2.30. The summed E-state index contributed by atoms with van der Waals surface area (Å²) < 4.78 is 10.7. The molecule has 2 rings (SSSR count). The Labute approximate surface area is 179 Å². The first-order chi connectivity index (χ1) is 14.6. The minimum absolute atomic E-state index is 0.143. The van der Waals surface area contributed by atoms with Gasteiger partial charge >= 0.3 is 11.9 Å². The van der Waals surface area contributed by atoms with Crippen LogP contribution in [0.15, 0.2) is 60.7 Å². The zero-order valence-electron chi connectivity index (χ0n) is 18.0. The van der Waals surface area contributed by atoms with Gasteiger partial charge in [0.05, 0.1) is 13.2 Å². The molecular formula is C25H33NO4. The van der Waals surface area contributed by atoms with Crippen molar-refractivity contribution in [3.63, 3.8) is 0 Å². The van der Waals surface area contributed by atoms with Crippen LogP contribution in [0, 0.1) is 0 Å². The number of benzene rings is 2. The Bertz CT molecular complexity index is 709. The molecule has 162 valence electrons. The van der Waals surface area contributed by atoms with Crippen LogP contribution in [0.5, 0.6) is 0 Å². The van der Waals surface area contributed by atoms with Crippen molar-refractivity contribution < 1.29 is 19.1 Å². The Morgan fingerprint density at radius 2 is 1.57 bits per heavy atom. The standard InChI is InChI=1S/C25H33NO4/c1-3-11-23(30-25(28)19-26-16-10-17-29-20(2)27)18-24(21-12-6-4-7-13-21)22-14-8-5-9-15-22/h4-9,12-15,23-24,26H,3,10-11,16-19H2,1-2H3.